The fourth-order valence-electron chi connectivity index (χ4n) is 1.01. The number of rotatable bonds is 2. The largest absolute Gasteiger partial charge is 0.504 e. The zero-order valence-corrected chi connectivity index (χ0v) is 7.64. The number of primary amides is 1. The van der Waals surface area contributed by atoms with Crippen LogP contribution >= 0.6 is 0 Å². The molecule has 0 spiro atoms. The van der Waals surface area contributed by atoms with Crippen LogP contribution in [0.4, 0.5) is 0 Å². The number of carbonyl (C=O) groups excluding carboxylic acids is 1. The highest BCUT2D eigenvalue weighted by molar-refractivity contribution is 5.97. The summed E-state index contributed by atoms with van der Waals surface area (Å²) in [6.45, 7) is 0. The number of allylic oxidation sites excluding steroid dienone is 1. The fourth-order valence-corrected chi connectivity index (χ4v) is 1.01. The maximum atomic E-state index is 10.6. The molecule has 76 valence electrons. The van der Waals surface area contributed by atoms with Crippen molar-refractivity contribution in [1.82, 2.24) is 0 Å². The topological polar surface area (TPSA) is 107 Å². The predicted octanol–water partition coefficient (Wildman–Crippen LogP) is 0.490. The molecule has 0 unspecified atom stereocenters. The van der Waals surface area contributed by atoms with E-state index in [1.54, 1.807) is 6.07 Å². The molecule has 0 aliphatic heterocycles. The van der Waals surface area contributed by atoms with Crippen molar-refractivity contribution in [2.45, 2.75) is 0 Å². The quantitative estimate of drug-likeness (QED) is 0.370. The molecule has 0 radical (unpaired) electrons. The Morgan fingerprint density at radius 1 is 1.40 bits per heavy atom. The van der Waals surface area contributed by atoms with Crippen LogP contribution in [-0.2, 0) is 4.79 Å². The lowest BCUT2D eigenvalue weighted by atomic mass is 10.1. The highest BCUT2D eigenvalue weighted by Crippen LogP contribution is 2.27. The van der Waals surface area contributed by atoms with Crippen molar-refractivity contribution in [3.05, 3.63) is 29.8 Å². The molecule has 1 rings (SSSR count). The molecule has 1 aromatic carbocycles. The van der Waals surface area contributed by atoms with Gasteiger partial charge >= 0.3 is 0 Å². The molecular weight excluding hydrogens is 196 g/mol. The van der Waals surface area contributed by atoms with Crippen molar-refractivity contribution in [2.75, 3.05) is 0 Å². The summed E-state index contributed by atoms with van der Waals surface area (Å²) < 4.78 is 0. The molecule has 0 saturated heterocycles. The number of carbonyl (C=O) groups is 1. The van der Waals surface area contributed by atoms with Gasteiger partial charge in [-0.1, -0.05) is 0 Å². The number of aromatic hydroxyl groups is 2. The molecule has 0 fully saturated rings. The van der Waals surface area contributed by atoms with Crippen LogP contribution in [0, 0.1) is 11.3 Å². The van der Waals surface area contributed by atoms with E-state index >= 15 is 0 Å². The maximum absolute atomic E-state index is 10.6. The minimum absolute atomic E-state index is 0.0257. The standard InChI is InChI=1S/C10H8N2O3/c11-5-7(4-10(12)15)6-1-2-8(13)9(14)3-6/h1-4,13-14H,(H2,12,15). The van der Waals surface area contributed by atoms with Gasteiger partial charge in [0.1, 0.15) is 0 Å². The second-order valence-electron chi connectivity index (χ2n) is 2.78. The molecule has 0 saturated carbocycles. The van der Waals surface area contributed by atoms with Crippen LogP contribution < -0.4 is 5.73 Å². The van der Waals surface area contributed by atoms with Gasteiger partial charge in [0.15, 0.2) is 11.5 Å². The van der Waals surface area contributed by atoms with Crippen molar-refractivity contribution in [3.8, 4) is 17.6 Å². The van der Waals surface area contributed by atoms with E-state index in [0.717, 1.165) is 6.08 Å². The van der Waals surface area contributed by atoms with Gasteiger partial charge in [-0.15, -0.1) is 0 Å². The predicted molar refractivity (Wildman–Crippen MR) is 52.6 cm³/mol. The van der Waals surface area contributed by atoms with Crippen LogP contribution in [-0.4, -0.2) is 16.1 Å². The van der Waals surface area contributed by atoms with Gasteiger partial charge in [-0.3, -0.25) is 4.79 Å². The molecule has 1 aromatic rings. The van der Waals surface area contributed by atoms with E-state index in [1.807, 2.05) is 0 Å². The minimum atomic E-state index is -0.751. The minimum Gasteiger partial charge on any atom is -0.504 e. The second-order valence-corrected chi connectivity index (χ2v) is 2.78. The highest BCUT2D eigenvalue weighted by Gasteiger charge is 2.05. The first-order chi connectivity index (χ1) is 7.04. The average Bonchev–Trinajstić information content (AvgIpc) is 2.18. The Bertz CT molecular complexity index is 472. The first-order valence-electron chi connectivity index (χ1n) is 3.98. The Kier molecular flexibility index (Phi) is 2.94. The van der Waals surface area contributed by atoms with Gasteiger partial charge in [-0.2, -0.15) is 5.26 Å². The van der Waals surface area contributed by atoms with Crippen LogP contribution in [0.1, 0.15) is 5.56 Å². The molecule has 1 amide bonds. The molecule has 0 aliphatic carbocycles. The molecule has 0 bridgehead atoms. The van der Waals surface area contributed by atoms with Gasteiger partial charge in [-0.25, -0.2) is 0 Å². The van der Waals surface area contributed by atoms with E-state index in [0.29, 0.717) is 5.56 Å². The van der Waals surface area contributed by atoms with E-state index in [1.165, 1.54) is 18.2 Å². The Hall–Kier alpha value is -2.48. The normalized spacial score (nSPS) is 10.7. The van der Waals surface area contributed by atoms with E-state index in [2.05, 4.69) is 0 Å². The Labute approximate surface area is 85.7 Å². The van der Waals surface area contributed by atoms with Crippen molar-refractivity contribution in [1.29, 1.82) is 5.26 Å². The van der Waals surface area contributed by atoms with Crippen molar-refractivity contribution < 1.29 is 15.0 Å². The first kappa shape index (κ1) is 10.6. The number of nitrogens with two attached hydrogens (primary N) is 1. The third-order valence-electron chi connectivity index (χ3n) is 1.69. The first-order valence-corrected chi connectivity index (χ1v) is 3.98. The smallest absolute Gasteiger partial charge is 0.242 e. The van der Waals surface area contributed by atoms with Crippen LogP contribution in [0.15, 0.2) is 24.3 Å². The van der Waals surface area contributed by atoms with E-state index in [-0.39, 0.29) is 17.1 Å². The van der Waals surface area contributed by atoms with E-state index < -0.39 is 5.91 Å². The second kappa shape index (κ2) is 4.15. The zero-order chi connectivity index (χ0) is 11.4. The Balaban J connectivity index is 3.21. The molecule has 5 nitrogen and oxygen atoms in total. The number of amides is 1. The maximum Gasteiger partial charge on any atom is 0.242 e. The van der Waals surface area contributed by atoms with Crippen LogP contribution in [0.3, 0.4) is 0 Å². The van der Waals surface area contributed by atoms with Gasteiger partial charge in [0.25, 0.3) is 0 Å². The highest BCUT2D eigenvalue weighted by atomic mass is 16.3. The summed E-state index contributed by atoms with van der Waals surface area (Å²) in [5, 5.41) is 26.9. The van der Waals surface area contributed by atoms with Crippen molar-refractivity contribution >= 4 is 11.5 Å². The van der Waals surface area contributed by atoms with Crippen molar-refractivity contribution in [3.63, 3.8) is 0 Å². The number of hydrogen-bond donors (Lipinski definition) is 3. The number of phenols is 2. The van der Waals surface area contributed by atoms with Gasteiger partial charge in [0.2, 0.25) is 5.91 Å². The van der Waals surface area contributed by atoms with Crippen LogP contribution in [0.25, 0.3) is 5.57 Å². The SMILES string of the molecule is N#CC(=CC(N)=O)c1ccc(O)c(O)c1. The van der Waals surface area contributed by atoms with E-state index in [9.17, 15) is 9.90 Å². The summed E-state index contributed by atoms with van der Waals surface area (Å²) in [4.78, 5) is 10.6. The Morgan fingerprint density at radius 2 is 2.07 bits per heavy atom. The number of nitriles is 1. The molecular formula is C10H8N2O3. The molecule has 15 heavy (non-hydrogen) atoms. The molecule has 0 aliphatic rings. The number of phenolic OH excluding ortho intramolecular Hbond substituents is 2. The lowest BCUT2D eigenvalue weighted by Gasteiger charge is -2.01. The summed E-state index contributed by atoms with van der Waals surface area (Å²) in [6, 6.07) is 5.55. The summed E-state index contributed by atoms with van der Waals surface area (Å²) in [5.41, 5.74) is 5.23. The fraction of sp³-hybridized carbons (Fsp3) is 0. The summed E-state index contributed by atoms with van der Waals surface area (Å²) in [7, 11) is 0. The average molecular weight is 204 g/mol. The molecule has 5 heteroatoms. The molecule has 0 heterocycles. The van der Waals surface area contributed by atoms with Gasteiger partial charge in [-0.05, 0) is 23.8 Å². The van der Waals surface area contributed by atoms with E-state index in [4.69, 9.17) is 16.1 Å². The van der Waals surface area contributed by atoms with Crippen molar-refractivity contribution in [2.24, 2.45) is 5.73 Å². The lowest BCUT2D eigenvalue weighted by Crippen LogP contribution is -2.06. The number of nitrogens with zero attached hydrogens (tertiary/aromatic N) is 1. The van der Waals surface area contributed by atoms with Crippen LogP contribution in [0.5, 0.6) is 11.5 Å². The summed E-state index contributed by atoms with van der Waals surface area (Å²) >= 11 is 0. The van der Waals surface area contributed by atoms with Gasteiger partial charge in [0, 0.05) is 6.08 Å². The summed E-state index contributed by atoms with van der Waals surface area (Å²) in [6.07, 6.45) is 0.950. The Morgan fingerprint density at radius 3 is 2.53 bits per heavy atom. The lowest BCUT2D eigenvalue weighted by molar-refractivity contribution is -0.113. The van der Waals surface area contributed by atoms with Gasteiger partial charge < -0.3 is 15.9 Å². The molecule has 0 aromatic heterocycles. The third-order valence-corrected chi connectivity index (χ3v) is 1.69. The number of hydrogen-bond acceptors (Lipinski definition) is 4. The zero-order valence-electron chi connectivity index (χ0n) is 7.64. The van der Waals surface area contributed by atoms with Gasteiger partial charge in [0.05, 0.1) is 11.6 Å². The summed E-state index contributed by atoms with van der Waals surface area (Å²) in [5.74, 6) is -1.41. The monoisotopic (exact) mass is 204 g/mol. The van der Waals surface area contributed by atoms with Crippen LogP contribution in [0.2, 0.25) is 0 Å². The molecule has 4 N–H and O–H groups in total. The third kappa shape index (κ3) is 2.48. The molecule has 0 atom stereocenters. The number of benzene rings is 1.